The van der Waals surface area contributed by atoms with Crippen molar-refractivity contribution in [1.82, 2.24) is 0 Å². The fourth-order valence-corrected chi connectivity index (χ4v) is 1.82. The molecule has 0 aliphatic carbocycles. The second kappa shape index (κ2) is 5.26. The molecule has 1 aromatic rings. The molecule has 2 unspecified atom stereocenters. The van der Waals surface area contributed by atoms with Crippen LogP contribution in [-0.4, -0.2) is 16.3 Å². The van der Waals surface area contributed by atoms with Crippen LogP contribution in [0.3, 0.4) is 0 Å². The number of nitriles is 1. The van der Waals surface area contributed by atoms with E-state index in [1.807, 2.05) is 13.0 Å². The summed E-state index contributed by atoms with van der Waals surface area (Å²) in [5, 5.41) is 27.5. The lowest BCUT2D eigenvalue weighted by atomic mass is 9.98. The number of hydrogen-bond acceptors (Lipinski definition) is 3. The van der Waals surface area contributed by atoms with E-state index in [1.54, 1.807) is 18.2 Å². The highest BCUT2D eigenvalue weighted by Gasteiger charge is 2.19. The summed E-state index contributed by atoms with van der Waals surface area (Å²) in [6.07, 6.45) is -1.78. The van der Waals surface area contributed by atoms with Gasteiger partial charge in [-0.15, -0.1) is 0 Å². The van der Waals surface area contributed by atoms with Crippen molar-refractivity contribution in [2.24, 2.45) is 0 Å². The summed E-state index contributed by atoms with van der Waals surface area (Å²) < 4.78 is 0.918. The Hall–Kier alpha value is -0.890. The lowest BCUT2D eigenvalue weighted by Crippen LogP contribution is -2.17. The molecule has 2 atom stereocenters. The molecule has 0 aliphatic rings. The van der Waals surface area contributed by atoms with E-state index in [1.165, 1.54) is 0 Å². The van der Waals surface area contributed by atoms with Crippen LogP contribution in [0.1, 0.15) is 24.2 Å². The second-order valence-electron chi connectivity index (χ2n) is 3.22. The molecule has 1 rings (SSSR count). The maximum atomic E-state index is 9.70. The monoisotopic (exact) mass is 269 g/mol. The predicted octanol–water partition coefficient (Wildman–Crippen LogP) is 1.93. The number of nitrogens with zero attached hydrogens (tertiary/aromatic N) is 1. The molecule has 0 aromatic heterocycles. The molecule has 15 heavy (non-hydrogen) atoms. The van der Waals surface area contributed by atoms with Gasteiger partial charge in [0, 0.05) is 4.47 Å². The van der Waals surface area contributed by atoms with Gasteiger partial charge in [0.15, 0.2) is 6.10 Å². The van der Waals surface area contributed by atoms with E-state index in [0.29, 0.717) is 5.56 Å². The first-order valence-electron chi connectivity index (χ1n) is 4.64. The van der Waals surface area contributed by atoms with Crippen LogP contribution in [0.4, 0.5) is 0 Å². The first-order chi connectivity index (χ1) is 7.10. The summed E-state index contributed by atoms with van der Waals surface area (Å²) in [5.74, 6) is 0. The van der Waals surface area contributed by atoms with Gasteiger partial charge in [-0.2, -0.15) is 5.26 Å². The Kier molecular flexibility index (Phi) is 4.28. The summed E-state index contributed by atoms with van der Waals surface area (Å²) in [6, 6.07) is 7.00. The predicted molar refractivity (Wildman–Crippen MR) is 60.1 cm³/mol. The van der Waals surface area contributed by atoms with Crippen LogP contribution in [0.5, 0.6) is 0 Å². The van der Waals surface area contributed by atoms with Crippen LogP contribution in [0.2, 0.25) is 0 Å². The van der Waals surface area contributed by atoms with Gasteiger partial charge < -0.3 is 10.2 Å². The zero-order valence-corrected chi connectivity index (χ0v) is 9.90. The molecule has 4 heteroatoms. The van der Waals surface area contributed by atoms with Crippen molar-refractivity contribution in [1.29, 1.82) is 5.26 Å². The molecule has 0 radical (unpaired) electrons. The highest BCUT2D eigenvalue weighted by atomic mass is 79.9. The van der Waals surface area contributed by atoms with E-state index in [0.717, 1.165) is 16.5 Å². The Bertz CT molecular complexity index is 387. The molecule has 0 amide bonds. The molecule has 3 nitrogen and oxygen atoms in total. The molecule has 1 aromatic carbocycles. The second-order valence-corrected chi connectivity index (χ2v) is 4.13. The lowest BCUT2D eigenvalue weighted by Gasteiger charge is -2.16. The normalized spacial score (nSPS) is 14.3. The Morgan fingerprint density at radius 2 is 2.13 bits per heavy atom. The first kappa shape index (κ1) is 12.2. The Morgan fingerprint density at radius 1 is 1.47 bits per heavy atom. The highest BCUT2D eigenvalue weighted by Crippen LogP contribution is 2.24. The quantitative estimate of drug-likeness (QED) is 0.825. The Balaban J connectivity index is 3.09. The van der Waals surface area contributed by atoms with Crippen molar-refractivity contribution in [3.63, 3.8) is 0 Å². The molecule has 0 spiro atoms. The van der Waals surface area contributed by atoms with Gasteiger partial charge in [-0.3, -0.25) is 0 Å². The minimum Gasteiger partial charge on any atom is -0.385 e. The standard InChI is InChI=1S/C11H12BrNO2/c1-2-7-5-8(12)3-4-9(7)11(15)10(14)6-13/h3-5,10-11,14-15H,2H2,1H3. The van der Waals surface area contributed by atoms with Gasteiger partial charge in [0.2, 0.25) is 0 Å². The van der Waals surface area contributed by atoms with Gasteiger partial charge in [-0.25, -0.2) is 0 Å². The van der Waals surface area contributed by atoms with Crippen molar-refractivity contribution in [2.45, 2.75) is 25.6 Å². The van der Waals surface area contributed by atoms with E-state index in [2.05, 4.69) is 15.9 Å². The SMILES string of the molecule is CCc1cc(Br)ccc1C(O)C(O)C#N. The number of aliphatic hydroxyl groups is 2. The van der Waals surface area contributed by atoms with Gasteiger partial charge >= 0.3 is 0 Å². The van der Waals surface area contributed by atoms with Gasteiger partial charge in [-0.05, 0) is 29.7 Å². The van der Waals surface area contributed by atoms with E-state index in [9.17, 15) is 10.2 Å². The first-order valence-corrected chi connectivity index (χ1v) is 5.43. The van der Waals surface area contributed by atoms with Gasteiger partial charge in [0.05, 0.1) is 6.07 Å². The van der Waals surface area contributed by atoms with Crippen LogP contribution in [0.25, 0.3) is 0 Å². The molecule has 0 heterocycles. The summed E-state index contributed by atoms with van der Waals surface area (Å²) in [6.45, 7) is 1.96. The zero-order valence-electron chi connectivity index (χ0n) is 8.31. The molecule has 0 fully saturated rings. The summed E-state index contributed by atoms with van der Waals surface area (Å²) in [7, 11) is 0. The Morgan fingerprint density at radius 3 is 2.67 bits per heavy atom. The van der Waals surface area contributed by atoms with E-state index < -0.39 is 12.2 Å². The van der Waals surface area contributed by atoms with Gasteiger partial charge in [-0.1, -0.05) is 28.9 Å². The van der Waals surface area contributed by atoms with Crippen molar-refractivity contribution in [3.05, 3.63) is 33.8 Å². The Labute approximate surface area is 97.1 Å². The third-order valence-electron chi connectivity index (χ3n) is 2.24. The number of hydrogen-bond donors (Lipinski definition) is 2. The minimum absolute atomic E-state index is 0.606. The number of aryl methyl sites for hydroxylation is 1. The van der Waals surface area contributed by atoms with Gasteiger partial charge in [0.25, 0.3) is 0 Å². The highest BCUT2D eigenvalue weighted by molar-refractivity contribution is 9.10. The van der Waals surface area contributed by atoms with Crippen LogP contribution in [0, 0.1) is 11.3 Å². The number of rotatable bonds is 3. The molecule has 0 saturated carbocycles. The summed E-state index contributed by atoms with van der Waals surface area (Å²) in [5.41, 5.74) is 1.53. The van der Waals surface area contributed by atoms with Crippen LogP contribution < -0.4 is 0 Å². The fraction of sp³-hybridized carbons (Fsp3) is 0.364. The molecular formula is C11H12BrNO2. The average Bonchev–Trinajstić information content (AvgIpc) is 2.26. The minimum atomic E-state index is -1.38. The maximum Gasteiger partial charge on any atom is 0.170 e. The third-order valence-corrected chi connectivity index (χ3v) is 2.73. The molecule has 2 N–H and O–H groups in total. The number of halogens is 1. The largest absolute Gasteiger partial charge is 0.385 e. The molecule has 0 saturated heterocycles. The van der Waals surface area contributed by atoms with E-state index in [4.69, 9.17) is 5.26 Å². The lowest BCUT2D eigenvalue weighted by molar-refractivity contribution is 0.0522. The fourth-order valence-electron chi connectivity index (χ4n) is 1.41. The average molecular weight is 270 g/mol. The zero-order chi connectivity index (χ0) is 11.4. The number of benzene rings is 1. The van der Waals surface area contributed by atoms with E-state index >= 15 is 0 Å². The van der Waals surface area contributed by atoms with Crippen molar-refractivity contribution >= 4 is 15.9 Å². The van der Waals surface area contributed by atoms with Crippen LogP contribution in [-0.2, 0) is 6.42 Å². The molecule has 0 bridgehead atoms. The van der Waals surface area contributed by atoms with Crippen LogP contribution >= 0.6 is 15.9 Å². The molecule has 0 aliphatic heterocycles. The molecular weight excluding hydrogens is 258 g/mol. The van der Waals surface area contributed by atoms with Gasteiger partial charge in [0.1, 0.15) is 6.10 Å². The van der Waals surface area contributed by atoms with Crippen molar-refractivity contribution in [3.8, 4) is 6.07 Å². The van der Waals surface area contributed by atoms with Crippen LogP contribution in [0.15, 0.2) is 22.7 Å². The maximum absolute atomic E-state index is 9.70. The third kappa shape index (κ3) is 2.78. The topological polar surface area (TPSA) is 64.2 Å². The number of aliphatic hydroxyl groups excluding tert-OH is 2. The van der Waals surface area contributed by atoms with Crippen molar-refractivity contribution < 1.29 is 10.2 Å². The summed E-state index contributed by atoms with van der Waals surface area (Å²) in [4.78, 5) is 0. The van der Waals surface area contributed by atoms with E-state index in [-0.39, 0.29) is 0 Å². The smallest absolute Gasteiger partial charge is 0.170 e. The summed E-state index contributed by atoms with van der Waals surface area (Å²) >= 11 is 3.33. The molecule has 80 valence electrons. The van der Waals surface area contributed by atoms with Crippen molar-refractivity contribution in [2.75, 3.05) is 0 Å².